The minimum atomic E-state index is -2.62. The molecule has 4 saturated carbocycles. The Bertz CT molecular complexity index is 376. The maximum absolute atomic E-state index is 12.1. The fraction of sp³-hybridized carbons (Fsp3) is 0.846. The molecule has 4 fully saturated rings. The summed E-state index contributed by atoms with van der Waals surface area (Å²) < 4.78 is 28.9. The second-order valence-corrected chi connectivity index (χ2v) is 6.02. The number of halogens is 2. The third-order valence-corrected chi connectivity index (χ3v) is 4.77. The SMILES string of the molecule is O=C1C2CC3CC1CC(C(=O)OCC(F)F)(C3)C2. The highest BCUT2D eigenvalue weighted by Crippen LogP contribution is 2.59. The molecule has 4 rings (SSSR count). The number of Topliss-reactive ketones (excluding diaryl/α,β-unsaturated/α-hetero) is 1. The van der Waals surface area contributed by atoms with Crippen molar-refractivity contribution >= 4 is 11.8 Å². The van der Waals surface area contributed by atoms with Gasteiger partial charge in [-0.15, -0.1) is 0 Å². The van der Waals surface area contributed by atoms with Gasteiger partial charge in [-0.1, -0.05) is 0 Å². The van der Waals surface area contributed by atoms with Crippen LogP contribution in [0.1, 0.15) is 32.1 Å². The van der Waals surface area contributed by atoms with Crippen LogP contribution >= 0.6 is 0 Å². The summed E-state index contributed by atoms with van der Waals surface area (Å²) in [7, 11) is 0. The normalized spacial score (nSPS) is 41.5. The van der Waals surface area contributed by atoms with Crippen molar-refractivity contribution in [3.63, 3.8) is 0 Å². The molecule has 0 amide bonds. The number of ether oxygens (including phenoxy) is 1. The Labute approximate surface area is 104 Å². The van der Waals surface area contributed by atoms with Crippen molar-refractivity contribution in [1.82, 2.24) is 0 Å². The average Bonchev–Trinajstić information content (AvgIpc) is 2.31. The largest absolute Gasteiger partial charge is 0.459 e. The molecule has 5 heteroatoms. The van der Waals surface area contributed by atoms with E-state index in [4.69, 9.17) is 4.74 Å². The summed E-state index contributed by atoms with van der Waals surface area (Å²) in [6.45, 7) is -0.825. The molecule has 2 unspecified atom stereocenters. The zero-order valence-corrected chi connectivity index (χ0v) is 10.0. The summed E-state index contributed by atoms with van der Waals surface area (Å²) in [4.78, 5) is 24.0. The Balaban J connectivity index is 1.75. The molecule has 4 aliphatic rings. The predicted molar refractivity (Wildman–Crippen MR) is 58.0 cm³/mol. The third-order valence-electron chi connectivity index (χ3n) is 4.77. The van der Waals surface area contributed by atoms with E-state index in [0.29, 0.717) is 18.8 Å². The lowest BCUT2D eigenvalue weighted by Crippen LogP contribution is -2.55. The number of alkyl halides is 2. The molecule has 0 saturated heterocycles. The van der Waals surface area contributed by atoms with E-state index in [2.05, 4.69) is 0 Å². The molecule has 0 aliphatic heterocycles. The van der Waals surface area contributed by atoms with Crippen LogP contribution in [0, 0.1) is 23.2 Å². The quantitative estimate of drug-likeness (QED) is 0.729. The van der Waals surface area contributed by atoms with E-state index in [1.165, 1.54) is 0 Å². The molecule has 0 spiro atoms. The van der Waals surface area contributed by atoms with Crippen LogP contribution in [0.5, 0.6) is 0 Å². The standard InChI is InChI=1S/C13H16F2O3/c14-10(15)6-18-12(17)13-3-7-1-8(4-13)11(16)9(2-7)5-13/h7-10H,1-6H2. The van der Waals surface area contributed by atoms with Crippen LogP contribution in [0.15, 0.2) is 0 Å². The van der Waals surface area contributed by atoms with Crippen molar-refractivity contribution in [2.75, 3.05) is 6.61 Å². The topological polar surface area (TPSA) is 43.4 Å². The molecule has 2 atom stereocenters. The first-order valence-electron chi connectivity index (χ1n) is 6.49. The summed E-state index contributed by atoms with van der Waals surface area (Å²) >= 11 is 0. The van der Waals surface area contributed by atoms with Gasteiger partial charge in [-0.3, -0.25) is 9.59 Å². The van der Waals surface area contributed by atoms with E-state index in [1.54, 1.807) is 0 Å². The summed E-state index contributed by atoms with van der Waals surface area (Å²) in [5.74, 6) is 0.114. The Morgan fingerprint density at radius 1 is 1.28 bits per heavy atom. The predicted octanol–water partition coefficient (Wildman–Crippen LogP) is 2.19. The van der Waals surface area contributed by atoms with Crippen LogP contribution in [0.25, 0.3) is 0 Å². The first kappa shape index (κ1) is 12.1. The fourth-order valence-electron chi connectivity index (χ4n) is 4.29. The van der Waals surface area contributed by atoms with Gasteiger partial charge in [0.2, 0.25) is 0 Å². The van der Waals surface area contributed by atoms with Crippen molar-refractivity contribution in [3.05, 3.63) is 0 Å². The summed E-state index contributed by atoms with van der Waals surface area (Å²) in [5, 5.41) is 0. The van der Waals surface area contributed by atoms with Crippen molar-refractivity contribution in [2.24, 2.45) is 23.2 Å². The van der Waals surface area contributed by atoms with Gasteiger partial charge in [-0.05, 0) is 38.0 Å². The monoisotopic (exact) mass is 258 g/mol. The van der Waals surface area contributed by atoms with E-state index < -0.39 is 24.4 Å². The number of hydrogen-bond donors (Lipinski definition) is 0. The van der Waals surface area contributed by atoms with E-state index in [1.807, 2.05) is 0 Å². The van der Waals surface area contributed by atoms with Gasteiger partial charge in [0.1, 0.15) is 5.78 Å². The highest BCUT2D eigenvalue weighted by molar-refractivity contribution is 5.89. The van der Waals surface area contributed by atoms with Crippen LogP contribution < -0.4 is 0 Å². The first-order valence-corrected chi connectivity index (χ1v) is 6.49. The van der Waals surface area contributed by atoms with Gasteiger partial charge in [0.05, 0.1) is 5.41 Å². The highest BCUT2D eigenvalue weighted by atomic mass is 19.3. The Morgan fingerprint density at radius 2 is 1.89 bits per heavy atom. The molecule has 0 heterocycles. The number of carbonyl (C=O) groups is 2. The molecule has 3 nitrogen and oxygen atoms in total. The first-order chi connectivity index (χ1) is 8.50. The van der Waals surface area contributed by atoms with Crippen molar-refractivity contribution in [2.45, 2.75) is 38.5 Å². The van der Waals surface area contributed by atoms with Gasteiger partial charge in [0.25, 0.3) is 6.43 Å². The lowest BCUT2D eigenvalue weighted by Gasteiger charge is -2.53. The average molecular weight is 258 g/mol. The van der Waals surface area contributed by atoms with Crippen LogP contribution in [0.4, 0.5) is 8.78 Å². The van der Waals surface area contributed by atoms with Crippen LogP contribution in [0.3, 0.4) is 0 Å². The van der Waals surface area contributed by atoms with Crippen LogP contribution in [-0.2, 0) is 14.3 Å². The lowest BCUT2D eigenvalue weighted by atomic mass is 9.49. The zero-order chi connectivity index (χ0) is 12.9. The minimum absolute atomic E-state index is 0.0321. The molecule has 0 N–H and O–H groups in total. The lowest BCUT2D eigenvalue weighted by molar-refractivity contribution is -0.177. The van der Waals surface area contributed by atoms with Crippen LogP contribution in [-0.4, -0.2) is 24.8 Å². The zero-order valence-electron chi connectivity index (χ0n) is 10.0. The fourth-order valence-corrected chi connectivity index (χ4v) is 4.29. The van der Waals surface area contributed by atoms with E-state index in [0.717, 1.165) is 19.3 Å². The Hall–Kier alpha value is -1.00. The number of rotatable bonds is 3. The van der Waals surface area contributed by atoms with Gasteiger partial charge < -0.3 is 4.74 Å². The highest BCUT2D eigenvalue weighted by Gasteiger charge is 2.59. The van der Waals surface area contributed by atoms with Crippen molar-refractivity contribution < 1.29 is 23.1 Å². The molecular formula is C13H16F2O3. The van der Waals surface area contributed by atoms with Crippen molar-refractivity contribution in [3.8, 4) is 0 Å². The molecule has 0 aromatic carbocycles. The van der Waals surface area contributed by atoms with E-state index in [9.17, 15) is 18.4 Å². The van der Waals surface area contributed by atoms with E-state index >= 15 is 0 Å². The van der Waals surface area contributed by atoms with E-state index in [-0.39, 0.29) is 17.6 Å². The van der Waals surface area contributed by atoms with Gasteiger partial charge in [0, 0.05) is 11.8 Å². The number of esters is 1. The maximum Gasteiger partial charge on any atom is 0.312 e. The summed E-state index contributed by atoms with van der Waals surface area (Å²) in [5.41, 5.74) is -0.640. The third kappa shape index (κ3) is 1.75. The van der Waals surface area contributed by atoms with Gasteiger partial charge in [-0.2, -0.15) is 0 Å². The summed E-state index contributed by atoms with van der Waals surface area (Å²) in [6, 6.07) is 0. The van der Waals surface area contributed by atoms with Crippen molar-refractivity contribution in [1.29, 1.82) is 0 Å². The Kier molecular flexibility index (Phi) is 2.68. The van der Waals surface area contributed by atoms with Gasteiger partial charge in [0.15, 0.2) is 6.61 Å². The smallest absolute Gasteiger partial charge is 0.312 e. The molecular weight excluding hydrogens is 242 g/mol. The van der Waals surface area contributed by atoms with Gasteiger partial charge in [-0.25, -0.2) is 8.78 Å². The number of ketones is 1. The Morgan fingerprint density at radius 3 is 2.44 bits per heavy atom. The molecule has 0 aromatic rings. The number of carbonyl (C=O) groups excluding carboxylic acids is 2. The molecule has 0 radical (unpaired) electrons. The summed E-state index contributed by atoms with van der Waals surface area (Å²) in [6.07, 6.45) is 0.875. The molecule has 4 aliphatic carbocycles. The maximum atomic E-state index is 12.1. The second-order valence-electron chi connectivity index (χ2n) is 6.02. The minimum Gasteiger partial charge on any atom is -0.459 e. The molecule has 0 aromatic heterocycles. The molecule has 18 heavy (non-hydrogen) atoms. The van der Waals surface area contributed by atoms with Gasteiger partial charge >= 0.3 is 5.97 Å². The number of hydrogen-bond acceptors (Lipinski definition) is 3. The molecule has 100 valence electrons. The van der Waals surface area contributed by atoms with Crippen LogP contribution in [0.2, 0.25) is 0 Å². The molecule has 4 bridgehead atoms. The second kappa shape index (κ2) is 4.00.